The molecule has 0 aliphatic heterocycles. The minimum atomic E-state index is 1.13. The highest BCUT2D eigenvalue weighted by Crippen LogP contribution is 2.37. The zero-order valence-corrected chi connectivity index (χ0v) is 21.4. The fraction of sp³-hybridized carbons (Fsp3) is 0.118. The molecule has 0 atom stereocenters. The first-order valence-corrected chi connectivity index (χ1v) is 12.4. The maximum atomic E-state index is 2.31. The van der Waals surface area contributed by atoms with Crippen molar-refractivity contribution in [2.24, 2.45) is 0 Å². The number of rotatable bonds is 6. The molecule has 0 bridgehead atoms. The van der Waals surface area contributed by atoms with Gasteiger partial charge in [-0.3, -0.25) is 0 Å². The van der Waals surface area contributed by atoms with Gasteiger partial charge >= 0.3 is 0 Å². The minimum absolute atomic E-state index is 1.13. The van der Waals surface area contributed by atoms with Crippen molar-refractivity contribution in [3.05, 3.63) is 138 Å². The Labute approximate surface area is 215 Å². The lowest BCUT2D eigenvalue weighted by molar-refractivity contribution is 1.20. The van der Waals surface area contributed by atoms with Crippen LogP contribution in [0.4, 0.5) is 28.4 Å². The van der Waals surface area contributed by atoms with E-state index in [4.69, 9.17) is 0 Å². The topological polar surface area (TPSA) is 6.48 Å². The van der Waals surface area contributed by atoms with Gasteiger partial charge in [0.1, 0.15) is 0 Å². The van der Waals surface area contributed by atoms with Crippen LogP contribution in [0.25, 0.3) is 11.1 Å². The predicted octanol–water partition coefficient (Wildman–Crippen LogP) is 9.52. The molecule has 5 aromatic rings. The lowest BCUT2D eigenvalue weighted by Gasteiger charge is -2.27. The van der Waals surface area contributed by atoms with Gasteiger partial charge in [-0.25, -0.2) is 0 Å². The van der Waals surface area contributed by atoms with Crippen LogP contribution in [-0.4, -0.2) is 7.05 Å². The summed E-state index contributed by atoms with van der Waals surface area (Å²) in [6.07, 6.45) is 0. The largest absolute Gasteiger partial charge is 0.345 e. The van der Waals surface area contributed by atoms with E-state index in [9.17, 15) is 0 Å². The van der Waals surface area contributed by atoms with Gasteiger partial charge in [0.05, 0.1) is 0 Å². The van der Waals surface area contributed by atoms with Crippen LogP contribution >= 0.6 is 0 Å². The minimum Gasteiger partial charge on any atom is -0.345 e. The summed E-state index contributed by atoms with van der Waals surface area (Å²) >= 11 is 0. The molecule has 0 unspecified atom stereocenters. The monoisotopic (exact) mass is 468 g/mol. The molecule has 2 nitrogen and oxygen atoms in total. The van der Waals surface area contributed by atoms with Gasteiger partial charge in [0, 0.05) is 35.5 Å². The van der Waals surface area contributed by atoms with Crippen molar-refractivity contribution >= 4 is 28.4 Å². The molecule has 5 aromatic carbocycles. The summed E-state index contributed by atoms with van der Waals surface area (Å²) in [5, 5.41) is 0. The Morgan fingerprint density at radius 1 is 0.333 bits per heavy atom. The maximum Gasteiger partial charge on any atom is 0.0463 e. The van der Waals surface area contributed by atoms with Crippen LogP contribution in [0.5, 0.6) is 0 Å². The highest BCUT2D eigenvalue weighted by atomic mass is 15.1. The highest BCUT2D eigenvalue weighted by molar-refractivity contribution is 5.79. The Hall–Kier alpha value is -4.30. The second-order valence-corrected chi connectivity index (χ2v) is 9.49. The molecule has 178 valence electrons. The zero-order chi connectivity index (χ0) is 25.1. The van der Waals surface area contributed by atoms with Crippen LogP contribution < -0.4 is 9.80 Å². The first-order valence-electron chi connectivity index (χ1n) is 12.4. The summed E-state index contributed by atoms with van der Waals surface area (Å²) in [7, 11) is 2.11. The van der Waals surface area contributed by atoms with E-state index < -0.39 is 0 Å². The van der Waals surface area contributed by atoms with Crippen molar-refractivity contribution in [3.63, 3.8) is 0 Å². The molecular formula is C34H32N2. The zero-order valence-electron chi connectivity index (χ0n) is 21.4. The van der Waals surface area contributed by atoms with Gasteiger partial charge in [0.25, 0.3) is 0 Å². The summed E-state index contributed by atoms with van der Waals surface area (Å²) < 4.78 is 0. The number of nitrogens with zero attached hydrogens (tertiary/aromatic N) is 2. The van der Waals surface area contributed by atoms with E-state index in [0.29, 0.717) is 0 Å². The molecule has 0 saturated carbocycles. The Bertz CT molecular complexity index is 1410. The molecular weight excluding hydrogens is 436 g/mol. The number of hydrogen-bond acceptors (Lipinski definition) is 2. The Kier molecular flexibility index (Phi) is 6.60. The Balaban J connectivity index is 1.48. The predicted molar refractivity (Wildman–Crippen MR) is 155 cm³/mol. The van der Waals surface area contributed by atoms with E-state index in [1.54, 1.807) is 0 Å². The molecule has 36 heavy (non-hydrogen) atoms. The Morgan fingerprint density at radius 3 is 1.00 bits per heavy atom. The number of benzene rings is 5. The fourth-order valence-corrected chi connectivity index (χ4v) is 4.43. The molecule has 0 heterocycles. The van der Waals surface area contributed by atoms with Gasteiger partial charge in [-0.1, -0.05) is 77.4 Å². The molecule has 5 rings (SSSR count). The normalized spacial score (nSPS) is 10.8. The number of hydrogen-bond donors (Lipinski definition) is 0. The van der Waals surface area contributed by atoms with Gasteiger partial charge < -0.3 is 9.80 Å². The average Bonchev–Trinajstić information content (AvgIpc) is 2.91. The lowest BCUT2D eigenvalue weighted by atomic mass is 10.0. The summed E-state index contributed by atoms with van der Waals surface area (Å²) in [4.78, 5) is 4.53. The molecule has 0 aliphatic carbocycles. The van der Waals surface area contributed by atoms with E-state index >= 15 is 0 Å². The van der Waals surface area contributed by atoms with Gasteiger partial charge in [0.15, 0.2) is 0 Å². The third-order valence-electron chi connectivity index (χ3n) is 6.72. The van der Waals surface area contributed by atoms with E-state index in [1.165, 1.54) is 33.5 Å². The summed E-state index contributed by atoms with van der Waals surface area (Å²) in [5.41, 5.74) is 12.0. The summed E-state index contributed by atoms with van der Waals surface area (Å²) in [6, 6.07) is 43.7. The van der Waals surface area contributed by atoms with Crippen LogP contribution in [0.2, 0.25) is 0 Å². The molecule has 0 fully saturated rings. The maximum absolute atomic E-state index is 2.31. The molecule has 0 amide bonds. The van der Waals surface area contributed by atoms with Gasteiger partial charge in [-0.05, 0) is 92.6 Å². The van der Waals surface area contributed by atoms with Crippen LogP contribution in [0.15, 0.2) is 121 Å². The SMILES string of the molecule is Cc1ccc(-c2ccc(N(c3ccc(C)cc3)c3ccc(N(C)c4ccc(C)cc4)cc3)cc2)cc1. The molecule has 0 radical (unpaired) electrons. The third kappa shape index (κ3) is 5.04. The lowest BCUT2D eigenvalue weighted by Crippen LogP contribution is -2.12. The van der Waals surface area contributed by atoms with E-state index in [2.05, 4.69) is 159 Å². The second kappa shape index (κ2) is 10.1. The molecule has 0 N–H and O–H groups in total. The molecule has 2 heteroatoms. The smallest absolute Gasteiger partial charge is 0.0463 e. The van der Waals surface area contributed by atoms with Crippen molar-refractivity contribution < 1.29 is 0 Å². The van der Waals surface area contributed by atoms with Crippen molar-refractivity contribution in [1.29, 1.82) is 0 Å². The van der Waals surface area contributed by atoms with Crippen LogP contribution in [0, 0.1) is 20.8 Å². The highest BCUT2D eigenvalue weighted by Gasteiger charge is 2.14. The van der Waals surface area contributed by atoms with Crippen molar-refractivity contribution in [1.82, 2.24) is 0 Å². The molecule has 0 aliphatic rings. The summed E-state index contributed by atoms with van der Waals surface area (Å²) in [5.74, 6) is 0. The van der Waals surface area contributed by atoms with E-state index in [-0.39, 0.29) is 0 Å². The van der Waals surface area contributed by atoms with Crippen molar-refractivity contribution in [2.45, 2.75) is 20.8 Å². The standard InChI is InChI=1S/C34H32N2/c1-25-5-11-28(12-6-25)29-13-19-33(20-14-29)36(32-17-9-27(3)10-18-32)34-23-21-31(22-24-34)35(4)30-15-7-26(2)8-16-30/h5-24H,1-4H3. The van der Waals surface area contributed by atoms with E-state index in [0.717, 1.165) is 22.7 Å². The van der Waals surface area contributed by atoms with Crippen molar-refractivity contribution in [3.8, 4) is 11.1 Å². The Morgan fingerprint density at radius 2 is 0.583 bits per heavy atom. The third-order valence-corrected chi connectivity index (χ3v) is 6.72. The second-order valence-electron chi connectivity index (χ2n) is 9.49. The van der Waals surface area contributed by atoms with Gasteiger partial charge in [-0.2, -0.15) is 0 Å². The first-order chi connectivity index (χ1) is 17.5. The van der Waals surface area contributed by atoms with Gasteiger partial charge in [0.2, 0.25) is 0 Å². The number of aryl methyl sites for hydroxylation is 3. The molecule has 0 spiro atoms. The first kappa shape index (κ1) is 23.4. The molecule has 0 saturated heterocycles. The molecule has 0 aromatic heterocycles. The summed E-state index contributed by atoms with van der Waals surface area (Å²) in [6.45, 7) is 6.36. The number of anilines is 5. The van der Waals surface area contributed by atoms with Crippen LogP contribution in [0.1, 0.15) is 16.7 Å². The van der Waals surface area contributed by atoms with Crippen LogP contribution in [0.3, 0.4) is 0 Å². The van der Waals surface area contributed by atoms with Crippen molar-refractivity contribution in [2.75, 3.05) is 16.8 Å². The van der Waals surface area contributed by atoms with Gasteiger partial charge in [-0.15, -0.1) is 0 Å². The van der Waals surface area contributed by atoms with Crippen LogP contribution in [-0.2, 0) is 0 Å². The fourth-order valence-electron chi connectivity index (χ4n) is 4.43. The average molecular weight is 469 g/mol. The van der Waals surface area contributed by atoms with E-state index in [1.807, 2.05) is 0 Å². The quantitative estimate of drug-likeness (QED) is 0.245.